The molecule has 1 atom stereocenters. The summed E-state index contributed by atoms with van der Waals surface area (Å²) in [5.41, 5.74) is 2.66. The highest BCUT2D eigenvalue weighted by Crippen LogP contribution is 2.39. The third kappa shape index (κ3) is 3.69. The molecule has 0 saturated carbocycles. The van der Waals surface area contributed by atoms with Gasteiger partial charge in [0.25, 0.3) is 11.6 Å². The summed E-state index contributed by atoms with van der Waals surface area (Å²) in [5.74, 6) is 1.16. The van der Waals surface area contributed by atoms with Gasteiger partial charge >= 0.3 is 0 Å². The molecule has 25 heavy (non-hydrogen) atoms. The van der Waals surface area contributed by atoms with Gasteiger partial charge in [-0.25, -0.2) is 0 Å². The van der Waals surface area contributed by atoms with Crippen LogP contribution < -0.4 is 0 Å². The van der Waals surface area contributed by atoms with E-state index in [2.05, 4.69) is 38.1 Å². The molecule has 2 aromatic carbocycles. The summed E-state index contributed by atoms with van der Waals surface area (Å²) in [5, 5.41) is 10.9. The molecule has 1 fully saturated rings. The van der Waals surface area contributed by atoms with Gasteiger partial charge in [-0.2, -0.15) is 0 Å². The Morgan fingerprint density at radius 1 is 1.24 bits per heavy atom. The van der Waals surface area contributed by atoms with Crippen LogP contribution in [0.1, 0.15) is 46.6 Å². The van der Waals surface area contributed by atoms with Crippen molar-refractivity contribution in [3.8, 4) is 0 Å². The van der Waals surface area contributed by atoms with Crippen molar-refractivity contribution in [1.29, 1.82) is 0 Å². The van der Waals surface area contributed by atoms with Crippen molar-refractivity contribution < 1.29 is 9.72 Å². The molecule has 6 heteroatoms. The maximum absolute atomic E-state index is 12.9. The molecule has 1 amide bonds. The maximum atomic E-state index is 12.9. The molecule has 1 aliphatic rings. The number of amides is 1. The van der Waals surface area contributed by atoms with Crippen molar-refractivity contribution >= 4 is 23.4 Å². The fourth-order valence-electron chi connectivity index (χ4n) is 2.92. The van der Waals surface area contributed by atoms with Crippen LogP contribution in [0, 0.1) is 10.1 Å². The zero-order valence-corrected chi connectivity index (χ0v) is 15.0. The van der Waals surface area contributed by atoms with Gasteiger partial charge in [0.05, 0.1) is 4.92 Å². The molecule has 0 radical (unpaired) electrons. The van der Waals surface area contributed by atoms with Crippen LogP contribution in [0.4, 0.5) is 5.69 Å². The second-order valence-corrected chi connectivity index (χ2v) is 7.54. The molecule has 3 rings (SSSR count). The van der Waals surface area contributed by atoms with Gasteiger partial charge in [-0.05, 0) is 23.1 Å². The van der Waals surface area contributed by atoms with E-state index in [1.807, 2.05) is 0 Å². The number of nitrogens with zero attached hydrogens (tertiary/aromatic N) is 2. The smallest absolute Gasteiger partial charge is 0.270 e. The third-order valence-corrected chi connectivity index (χ3v) is 5.60. The quantitative estimate of drug-likeness (QED) is 0.593. The van der Waals surface area contributed by atoms with Gasteiger partial charge in [-0.1, -0.05) is 44.2 Å². The highest BCUT2D eigenvalue weighted by Gasteiger charge is 2.31. The Balaban J connectivity index is 1.84. The first kappa shape index (κ1) is 17.5. The van der Waals surface area contributed by atoms with E-state index in [0.717, 1.165) is 11.3 Å². The summed E-state index contributed by atoms with van der Waals surface area (Å²) in [4.78, 5) is 25.1. The van der Waals surface area contributed by atoms with Crippen LogP contribution in [0.25, 0.3) is 0 Å². The average molecular weight is 356 g/mol. The largest absolute Gasteiger partial charge is 0.322 e. The van der Waals surface area contributed by atoms with E-state index in [9.17, 15) is 14.9 Å². The van der Waals surface area contributed by atoms with E-state index in [0.29, 0.717) is 18.0 Å². The van der Waals surface area contributed by atoms with Crippen LogP contribution in [0.15, 0.2) is 48.5 Å². The van der Waals surface area contributed by atoms with Gasteiger partial charge in [0.15, 0.2) is 0 Å². The number of hydrogen-bond acceptors (Lipinski definition) is 4. The first-order chi connectivity index (χ1) is 12.0. The normalized spacial score (nSPS) is 17.1. The summed E-state index contributed by atoms with van der Waals surface area (Å²) in [6.07, 6.45) is 0. The van der Waals surface area contributed by atoms with Gasteiger partial charge in [0.2, 0.25) is 0 Å². The molecule has 0 aliphatic carbocycles. The summed E-state index contributed by atoms with van der Waals surface area (Å²) in [6, 6.07) is 14.3. The highest BCUT2D eigenvalue weighted by atomic mass is 32.2. The molecule has 1 saturated heterocycles. The van der Waals surface area contributed by atoms with Gasteiger partial charge < -0.3 is 4.90 Å². The molecule has 0 aromatic heterocycles. The molecule has 0 bridgehead atoms. The van der Waals surface area contributed by atoms with E-state index < -0.39 is 4.92 Å². The van der Waals surface area contributed by atoms with Gasteiger partial charge in [-0.15, -0.1) is 11.8 Å². The molecule has 0 N–H and O–H groups in total. The van der Waals surface area contributed by atoms with Crippen LogP contribution in [0.2, 0.25) is 0 Å². The number of carbonyl (C=O) groups excluding carboxylic acids is 1. The maximum Gasteiger partial charge on any atom is 0.270 e. The fraction of sp³-hybridized carbons (Fsp3) is 0.316. The minimum Gasteiger partial charge on any atom is -0.322 e. The number of carbonyl (C=O) groups is 1. The summed E-state index contributed by atoms with van der Waals surface area (Å²) in [6.45, 7) is 4.94. The Bertz CT molecular complexity index is 790. The van der Waals surface area contributed by atoms with Crippen LogP contribution in [0.3, 0.4) is 0 Å². The molecule has 1 aliphatic heterocycles. The molecular weight excluding hydrogens is 336 g/mol. The first-order valence-electron chi connectivity index (χ1n) is 8.24. The number of nitro benzene ring substituents is 1. The zero-order chi connectivity index (χ0) is 18.0. The molecule has 0 spiro atoms. The van der Waals surface area contributed by atoms with Gasteiger partial charge in [-0.3, -0.25) is 14.9 Å². The van der Waals surface area contributed by atoms with Crippen molar-refractivity contribution in [2.45, 2.75) is 25.1 Å². The number of non-ortho nitro benzene ring substituents is 1. The minimum atomic E-state index is -0.475. The highest BCUT2D eigenvalue weighted by molar-refractivity contribution is 7.99. The Morgan fingerprint density at radius 3 is 2.60 bits per heavy atom. The monoisotopic (exact) mass is 356 g/mol. The standard InChI is InChI=1S/C19H20N2O3S/c1-13(2)14-6-8-15(9-7-14)19-20(10-11-25-19)18(22)16-4-3-5-17(12-16)21(23)24/h3-9,12-13,19H,10-11H2,1-2H3/t19-/m0/s1. The minimum absolute atomic E-state index is 0.0482. The van der Waals surface area contributed by atoms with Crippen LogP contribution in [-0.4, -0.2) is 28.0 Å². The predicted molar refractivity (Wildman–Crippen MR) is 99.9 cm³/mol. The molecule has 130 valence electrons. The number of hydrogen-bond donors (Lipinski definition) is 0. The van der Waals surface area contributed by atoms with E-state index in [1.165, 1.54) is 17.7 Å². The van der Waals surface area contributed by atoms with Crippen molar-refractivity contribution in [2.24, 2.45) is 0 Å². The Morgan fingerprint density at radius 2 is 1.96 bits per heavy atom. The van der Waals surface area contributed by atoms with Crippen molar-refractivity contribution in [3.63, 3.8) is 0 Å². The van der Waals surface area contributed by atoms with Gasteiger partial charge in [0, 0.05) is 30.0 Å². The van der Waals surface area contributed by atoms with E-state index in [4.69, 9.17) is 0 Å². The average Bonchev–Trinajstić information content (AvgIpc) is 3.11. The molecular formula is C19H20N2O3S. The van der Waals surface area contributed by atoms with E-state index in [-0.39, 0.29) is 17.0 Å². The summed E-state index contributed by atoms with van der Waals surface area (Å²) < 4.78 is 0. The summed E-state index contributed by atoms with van der Waals surface area (Å²) >= 11 is 1.72. The molecule has 5 nitrogen and oxygen atoms in total. The van der Waals surface area contributed by atoms with E-state index in [1.54, 1.807) is 28.8 Å². The Kier molecular flexibility index (Phi) is 5.08. The molecule has 2 aromatic rings. The van der Waals surface area contributed by atoms with Crippen LogP contribution in [-0.2, 0) is 0 Å². The number of rotatable bonds is 4. The van der Waals surface area contributed by atoms with Crippen LogP contribution >= 0.6 is 11.8 Å². The number of nitro groups is 1. The number of benzene rings is 2. The second kappa shape index (κ2) is 7.27. The Labute approximate surface area is 151 Å². The van der Waals surface area contributed by atoms with Crippen molar-refractivity contribution in [3.05, 3.63) is 75.3 Å². The summed E-state index contributed by atoms with van der Waals surface area (Å²) in [7, 11) is 0. The number of thioether (sulfide) groups is 1. The lowest BCUT2D eigenvalue weighted by molar-refractivity contribution is -0.384. The fourth-order valence-corrected chi connectivity index (χ4v) is 4.17. The second-order valence-electron chi connectivity index (χ2n) is 6.35. The molecule has 0 unspecified atom stereocenters. The van der Waals surface area contributed by atoms with Crippen molar-refractivity contribution in [2.75, 3.05) is 12.3 Å². The first-order valence-corrected chi connectivity index (χ1v) is 9.29. The molecule has 1 heterocycles. The topological polar surface area (TPSA) is 63.5 Å². The lowest BCUT2D eigenvalue weighted by Gasteiger charge is -2.24. The van der Waals surface area contributed by atoms with Crippen LogP contribution in [0.5, 0.6) is 0 Å². The lowest BCUT2D eigenvalue weighted by Crippen LogP contribution is -2.30. The van der Waals surface area contributed by atoms with Gasteiger partial charge in [0.1, 0.15) is 5.37 Å². The zero-order valence-electron chi connectivity index (χ0n) is 14.2. The SMILES string of the molecule is CC(C)c1ccc([C@@H]2SCCN2C(=O)c2cccc([N+](=O)[O-])c2)cc1. The third-order valence-electron chi connectivity index (χ3n) is 4.34. The Hall–Kier alpha value is -2.34. The predicted octanol–water partition coefficient (Wildman–Crippen LogP) is 4.61. The van der Waals surface area contributed by atoms with E-state index >= 15 is 0 Å². The van der Waals surface area contributed by atoms with Crippen molar-refractivity contribution in [1.82, 2.24) is 4.90 Å². The lowest BCUT2D eigenvalue weighted by atomic mass is 10.0.